The predicted molar refractivity (Wildman–Crippen MR) is 67.5 cm³/mol. The van der Waals surface area contributed by atoms with Crippen molar-refractivity contribution in [1.29, 1.82) is 0 Å². The molecule has 1 atom stereocenters. The summed E-state index contributed by atoms with van der Waals surface area (Å²) in [5, 5.41) is 2.80. The van der Waals surface area contributed by atoms with E-state index in [1.165, 1.54) is 6.42 Å². The zero-order valence-corrected chi connectivity index (χ0v) is 10.9. The fraction of sp³-hybridized carbons (Fsp3) is 0.750. The van der Waals surface area contributed by atoms with Crippen molar-refractivity contribution in [3.8, 4) is 0 Å². The maximum absolute atomic E-state index is 11.4. The van der Waals surface area contributed by atoms with Gasteiger partial charge in [0.1, 0.15) is 0 Å². The van der Waals surface area contributed by atoms with E-state index >= 15 is 0 Å². The van der Waals surface area contributed by atoms with Gasteiger partial charge in [0.25, 0.3) is 0 Å². The molecular weight excluding hydrogens is 234 g/mol. The smallest absolute Gasteiger partial charge is 0.223 e. The zero-order chi connectivity index (χ0) is 13.4. The molecule has 0 aromatic heterocycles. The lowest BCUT2D eigenvalue weighted by Gasteiger charge is -2.26. The Bertz CT molecular complexity index is 278. The highest BCUT2D eigenvalue weighted by atomic mass is 16.5. The number of nitrogens with one attached hydrogen (secondary N) is 1. The maximum atomic E-state index is 11.4. The largest absolute Gasteiger partial charge is 0.379 e. The zero-order valence-electron chi connectivity index (χ0n) is 10.9. The molecule has 1 saturated heterocycles. The van der Waals surface area contributed by atoms with Gasteiger partial charge in [0.2, 0.25) is 11.8 Å². The van der Waals surface area contributed by atoms with Crippen LogP contribution in [0.25, 0.3) is 0 Å². The number of nitrogens with two attached hydrogens (primary N) is 1. The molecule has 0 bridgehead atoms. The van der Waals surface area contributed by atoms with E-state index in [4.69, 9.17) is 10.5 Å². The number of hydrogen-bond acceptors (Lipinski definition) is 4. The van der Waals surface area contributed by atoms with Crippen molar-refractivity contribution in [1.82, 2.24) is 10.2 Å². The molecule has 18 heavy (non-hydrogen) atoms. The molecule has 1 aliphatic heterocycles. The molecule has 6 heteroatoms. The van der Waals surface area contributed by atoms with E-state index in [-0.39, 0.29) is 17.7 Å². The number of ether oxygens (including phenoxy) is 1. The SMILES string of the molecule is C[C@@H](C[CH]C(=O)NCCN1CCOCC1)C(N)=O. The van der Waals surface area contributed by atoms with Gasteiger partial charge in [-0.1, -0.05) is 6.92 Å². The summed E-state index contributed by atoms with van der Waals surface area (Å²) in [5.41, 5.74) is 5.11. The molecular formula is C12H22N3O3. The van der Waals surface area contributed by atoms with Crippen LogP contribution in [0.15, 0.2) is 0 Å². The number of rotatable bonds is 7. The van der Waals surface area contributed by atoms with Crippen LogP contribution >= 0.6 is 0 Å². The van der Waals surface area contributed by atoms with E-state index in [1.807, 2.05) is 0 Å². The van der Waals surface area contributed by atoms with Gasteiger partial charge in [-0.2, -0.15) is 0 Å². The number of primary amides is 1. The summed E-state index contributed by atoms with van der Waals surface area (Å²) in [6, 6.07) is 0. The summed E-state index contributed by atoms with van der Waals surface area (Å²) < 4.78 is 5.24. The number of morpholine rings is 1. The van der Waals surface area contributed by atoms with Crippen LogP contribution in [-0.2, 0) is 14.3 Å². The van der Waals surface area contributed by atoms with E-state index in [2.05, 4.69) is 10.2 Å². The Labute approximate surface area is 108 Å². The van der Waals surface area contributed by atoms with Crippen LogP contribution in [0.5, 0.6) is 0 Å². The molecule has 1 heterocycles. The molecule has 0 aliphatic carbocycles. The Morgan fingerprint density at radius 2 is 2.11 bits per heavy atom. The summed E-state index contributed by atoms with van der Waals surface area (Å²) in [7, 11) is 0. The lowest BCUT2D eigenvalue weighted by atomic mass is 10.1. The summed E-state index contributed by atoms with van der Waals surface area (Å²) in [4.78, 5) is 24.5. The Kier molecular flexibility index (Phi) is 6.67. The third kappa shape index (κ3) is 5.97. The molecule has 1 aliphatic rings. The predicted octanol–water partition coefficient (Wildman–Crippen LogP) is -0.849. The summed E-state index contributed by atoms with van der Waals surface area (Å²) in [6.45, 7) is 6.50. The van der Waals surface area contributed by atoms with Gasteiger partial charge in [-0.05, 0) is 6.42 Å². The summed E-state index contributed by atoms with van der Waals surface area (Å²) in [5.74, 6) is -0.821. The number of carbonyl (C=O) groups excluding carboxylic acids is 2. The molecule has 1 fully saturated rings. The minimum absolute atomic E-state index is 0.142. The minimum Gasteiger partial charge on any atom is -0.379 e. The third-order valence-corrected chi connectivity index (χ3v) is 2.97. The highest BCUT2D eigenvalue weighted by Crippen LogP contribution is 2.03. The van der Waals surface area contributed by atoms with Crippen LogP contribution in [0.1, 0.15) is 13.3 Å². The first-order valence-corrected chi connectivity index (χ1v) is 6.30. The number of hydrogen-bond donors (Lipinski definition) is 2. The minimum atomic E-state index is -0.382. The number of carbonyl (C=O) groups is 2. The van der Waals surface area contributed by atoms with Gasteiger partial charge in [-0.25, -0.2) is 0 Å². The van der Waals surface area contributed by atoms with Gasteiger partial charge in [0.05, 0.1) is 19.6 Å². The van der Waals surface area contributed by atoms with E-state index < -0.39 is 0 Å². The summed E-state index contributed by atoms with van der Waals surface area (Å²) >= 11 is 0. The van der Waals surface area contributed by atoms with Gasteiger partial charge >= 0.3 is 0 Å². The standard InChI is InChI=1S/C12H22N3O3/c1-10(12(13)17)2-3-11(16)14-4-5-15-6-8-18-9-7-15/h3,10H,2,4-9H2,1H3,(H2,13,17)(H,14,16)/t10-/m0/s1. The molecule has 1 radical (unpaired) electrons. The first kappa shape index (κ1) is 14.9. The molecule has 3 N–H and O–H groups in total. The lowest BCUT2D eigenvalue weighted by Crippen LogP contribution is -2.41. The van der Waals surface area contributed by atoms with Gasteiger partial charge < -0.3 is 15.8 Å². The van der Waals surface area contributed by atoms with Crippen LogP contribution < -0.4 is 11.1 Å². The van der Waals surface area contributed by atoms with E-state index in [9.17, 15) is 9.59 Å². The van der Waals surface area contributed by atoms with E-state index in [0.29, 0.717) is 13.0 Å². The van der Waals surface area contributed by atoms with Crippen molar-refractivity contribution in [2.24, 2.45) is 11.7 Å². The van der Waals surface area contributed by atoms with Crippen molar-refractivity contribution >= 4 is 11.8 Å². The van der Waals surface area contributed by atoms with Crippen LogP contribution in [0.3, 0.4) is 0 Å². The summed E-state index contributed by atoms with van der Waals surface area (Å²) in [6.07, 6.45) is 1.87. The highest BCUT2D eigenvalue weighted by molar-refractivity contribution is 5.85. The topological polar surface area (TPSA) is 84.7 Å². The highest BCUT2D eigenvalue weighted by Gasteiger charge is 2.12. The van der Waals surface area contributed by atoms with Gasteiger partial charge in [-0.15, -0.1) is 0 Å². The maximum Gasteiger partial charge on any atom is 0.223 e. The molecule has 2 amide bonds. The molecule has 1 rings (SSSR count). The van der Waals surface area contributed by atoms with Gasteiger partial charge in [0, 0.05) is 32.1 Å². The molecule has 0 spiro atoms. The van der Waals surface area contributed by atoms with Crippen LogP contribution in [0, 0.1) is 12.3 Å². The molecule has 0 saturated carbocycles. The van der Waals surface area contributed by atoms with Crippen LogP contribution in [0.2, 0.25) is 0 Å². The van der Waals surface area contributed by atoms with Crippen molar-refractivity contribution < 1.29 is 14.3 Å². The molecule has 0 unspecified atom stereocenters. The third-order valence-electron chi connectivity index (χ3n) is 2.97. The van der Waals surface area contributed by atoms with Crippen LogP contribution in [0.4, 0.5) is 0 Å². The molecule has 6 nitrogen and oxygen atoms in total. The second-order valence-corrected chi connectivity index (χ2v) is 4.49. The molecule has 103 valence electrons. The van der Waals surface area contributed by atoms with E-state index in [1.54, 1.807) is 6.92 Å². The van der Waals surface area contributed by atoms with Crippen LogP contribution in [-0.4, -0.2) is 56.1 Å². The van der Waals surface area contributed by atoms with Crippen molar-refractivity contribution in [3.63, 3.8) is 0 Å². The Morgan fingerprint density at radius 1 is 1.44 bits per heavy atom. The Balaban J connectivity index is 2.04. The van der Waals surface area contributed by atoms with Gasteiger partial charge in [-0.3, -0.25) is 14.5 Å². The first-order valence-electron chi connectivity index (χ1n) is 6.30. The fourth-order valence-electron chi connectivity index (χ4n) is 1.63. The normalized spacial score (nSPS) is 18.3. The Hall–Kier alpha value is -1.14. The number of amides is 2. The lowest BCUT2D eigenvalue weighted by molar-refractivity contribution is -0.121. The van der Waals surface area contributed by atoms with Crippen molar-refractivity contribution in [3.05, 3.63) is 6.42 Å². The first-order chi connectivity index (χ1) is 8.59. The fourth-order valence-corrected chi connectivity index (χ4v) is 1.63. The second kappa shape index (κ2) is 8.05. The van der Waals surface area contributed by atoms with Crippen molar-refractivity contribution in [2.75, 3.05) is 39.4 Å². The average molecular weight is 256 g/mol. The average Bonchev–Trinajstić information content (AvgIpc) is 2.37. The molecule has 0 aromatic rings. The Morgan fingerprint density at radius 3 is 2.72 bits per heavy atom. The molecule has 0 aromatic carbocycles. The van der Waals surface area contributed by atoms with E-state index in [0.717, 1.165) is 32.8 Å². The second-order valence-electron chi connectivity index (χ2n) is 4.49. The number of nitrogens with zero attached hydrogens (tertiary/aromatic N) is 1. The monoisotopic (exact) mass is 256 g/mol. The quantitative estimate of drug-likeness (QED) is 0.621. The van der Waals surface area contributed by atoms with Gasteiger partial charge in [0.15, 0.2) is 0 Å². The van der Waals surface area contributed by atoms with Crippen molar-refractivity contribution in [2.45, 2.75) is 13.3 Å².